The Balaban J connectivity index is 1.55. The summed E-state index contributed by atoms with van der Waals surface area (Å²) in [6, 6.07) is 10.5. The van der Waals surface area contributed by atoms with E-state index in [0.717, 1.165) is 0 Å². The van der Waals surface area contributed by atoms with E-state index < -0.39 is 0 Å². The Morgan fingerprint density at radius 2 is 1.82 bits per heavy atom. The van der Waals surface area contributed by atoms with Crippen LogP contribution in [-0.2, 0) is 4.74 Å². The van der Waals surface area contributed by atoms with E-state index in [-0.39, 0.29) is 0 Å². The van der Waals surface area contributed by atoms with Crippen LogP contribution in [0.5, 0.6) is 0 Å². The smallest absolute Gasteiger partial charge is 0.134 e. The lowest BCUT2D eigenvalue weighted by molar-refractivity contribution is 0.381. The maximum atomic E-state index is 5.69. The number of ether oxygens (including phenoxy) is 1. The van der Waals surface area contributed by atoms with Crippen LogP contribution >= 0.6 is 11.8 Å². The molecule has 94 valence electrons. The summed E-state index contributed by atoms with van der Waals surface area (Å²) < 4.78 is 5.69. The standard InChI is InChI=1S/C15H22OS/c1-2-3-4-5-9-12-14-15(16-14)17-13-10-7-6-8-11-13/h6-8,10-11,14-15H,2-5,9,12H2,1H3/t14-,15+/m1/s1. The van der Waals surface area contributed by atoms with Gasteiger partial charge in [0.15, 0.2) is 0 Å². The maximum absolute atomic E-state index is 5.69. The molecule has 2 heteroatoms. The minimum Gasteiger partial charge on any atom is -0.358 e. The monoisotopic (exact) mass is 250 g/mol. The number of hydrogen-bond acceptors (Lipinski definition) is 2. The Labute approximate surface area is 109 Å². The number of benzene rings is 1. The summed E-state index contributed by atoms with van der Waals surface area (Å²) in [4.78, 5) is 1.32. The van der Waals surface area contributed by atoms with E-state index in [9.17, 15) is 0 Å². The van der Waals surface area contributed by atoms with E-state index >= 15 is 0 Å². The van der Waals surface area contributed by atoms with Gasteiger partial charge in [-0.2, -0.15) is 0 Å². The van der Waals surface area contributed by atoms with Crippen molar-refractivity contribution in [1.29, 1.82) is 0 Å². The van der Waals surface area contributed by atoms with Crippen LogP contribution in [0.3, 0.4) is 0 Å². The molecule has 1 nitrogen and oxygen atoms in total. The molecule has 1 aromatic carbocycles. The second-order valence-corrected chi connectivity index (χ2v) is 5.85. The highest BCUT2D eigenvalue weighted by Gasteiger charge is 2.38. The molecule has 0 radical (unpaired) electrons. The van der Waals surface area contributed by atoms with Crippen LogP contribution < -0.4 is 0 Å². The van der Waals surface area contributed by atoms with Gasteiger partial charge < -0.3 is 4.74 Å². The van der Waals surface area contributed by atoms with Crippen molar-refractivity contribution in [3.63, 3.8) is 0 Å². The molecule has 0 spiro atoms. The third kappa shape index (κ3) is 4.72. The van der Waals surface area contributed by atoms with Crippen LogP contribution in [0.1, 0.15) is 45.4 Å². The van der Waals surface area contributed by atoms with Crippen molar-refractivity contribution in [2.24, 2.45) is 0 Å². The van der Waals surface area contributed by atoms with E-state index in [1.165, 1.54) is 43.4 Å². The number of epoxide rings is 1. The Bertz CT molecular complexity index is 312. The second kappa shape index (κ2) is 7.07. The average molecular weight is 250 g/mol. The molecule has 1 aliphatic rings. The molecular formula is C15H22OS. The van der Waals surface area contributed by atoms with Crippen molar-refractivity contribution in [3.8, 4) is 0 Å². The van der Waals surface area contributed by atoms with E-state index in [1.54, 1.807) is 0 Å². The summed E-state index contributed by atoms with van der Waals surface area (Å²) in [5, 5.41) is 0. The van der Waals surface area contributed by atoms with Crippen molar-refractivity contribution < 1.29 is 4.74 Å². The van der Waals surface area contributed by atoms with Gasteiger partial charge in [-0.05, 0) is 18.6 Å². The number of unbranched alkanes of at least 4 members (excludes halogenated alkanes) is 4. The molecule has 0 amide bonds. The third-order valence-corrected chi connectivity index (χ3v) is 4.31. The van der Waals surface area contributed by atoms with Crippen molar-refractivity contribution in [1.82, 2.24) is 0 Å². The van der Waals surface area contributed by atoms with E-state index in [2.05, 4.69) is 37.3 Å². The minimum absolute atomic E-state index is 0.420. The fourth-order valence-corrected chi connectivity index (χ4v) is 3.09. The van der Waals surface area contributed by atoms with Crippen LogP contribution in [0.2, 0.25) is 0 Å². The van der Waals surface area contributed by atoms with Crippen molar-refractivity contribution >= 4 is 11.8 Å². The zero-order valence-electron chi connectivity index (χ0n) is 10.6. The van der Waals surface area contributed by atoms with Gasteiger partial charge in [-0.15, -0.1) is 0 Å². The van der Waals surface area contributed by atoms with Gasteiger partial charge in [0, 0.05) is 4.90 Å². The lowest BCUT2D eigenvalue weighted by Crippen LogP contribution is -1.90. The molecule has 2 atom stereocenters. The first-order valence-corrected chi connectivity index (χ1v) is 7.65. The zero-order chi connectivity index (χ0) is 11.9. The third-order valence-electron chi connectivity index (χ3n) is 3.12. The number of rotatable bonds is 8. The quantitative estimate of drug-likeness (QED) is 0.482. The van der Waals surface area contributed by atoms with E-state index in [0.29, 0.717) is 11.5 Å². The molecule has 1 saturated heterocycles. The number of hydrogen-bond donors (Lipinski definition) is 0. The van der Waals surface area contributed by atoms with E-state index in [1.807, 2.05) is 11.8 Å². The molecular weight excluding hydrogens is 228 g/mol. The van der Waals surface area contributed by atoms with Crippen LogP contribution in [0.25, 0.3) is 0 Å². The molecule has 1 aliphatic heterocycles. The topological polar surface area (TPSA) is 12.5 Å². The van der Waals surface area contributed by atoms with Gasteiger partial charge in [-0.3, -0.25) is 0 Å². The van der Waals surface area contributed by atoms with Gasteiger partial charge in [0.1, 0.15) is 5.44 Å². The van der Waals surface area contributed by atoms with Crippen LogP contribution in [0, 0.1) is 0 Å². The van der Waals surface area contributed by atoms with Crippen LogP contribution in [0.15, 0.2) is 35.2 Å². The molecule has 0 unspecified atom stereocenters. The summed E-state index contributed by atoms with van der Waals surface area (Å²) in [6.07, 6.45) is 8.56. The first-order chi connectivity index (χ1) is 8.40. The van der Waals surface area contributed by atoms with Gasteiger partial charge >= 0.3 is 0 Å². The fraction of sp³-hybridized carbons (Fsp3) is 0.600. The Morgan fingerprint density at radius 1 is 1.06 bits per heavy atom. The van der Waals surface area contributed by atoms with Gasteiger partial charge in [0.2, 0.25) is 0 Å². The Kier molecular flexibility index (Phi) is 5.40. The Hall–Kier alpha value is -0.470. The second-order valence-electron chi connectivity index (χ2n) is 4.68. The zero-order valence-corrected chi connectivity index (χ0v) is 11.4. The van der Waals surface area contributed by atoms with Gasteiger partial charge in [0.25, 0.3) is 0 Å². The minimum atomic E-state index is 0.420. The maximum Gasteiger partial charge on any atom is 0.134 e. The summed E-state index contributed by atoms with van der Waals surface area (Å²) in [5.74, 6) is 0. The lowest BCUT2D eigenvalue weighted by atomic mass is 10.1. The largest absolute Gasteiger partial charge is 0.358 e. The fourth-order valence-electron chi connectivity index (χ4n) is 2.02. The van der Waals surface area contributed by atoms with Gasteiger partial charge in [-0.25, -0.2) is 0 Å². The summed E-state index contributed by atoms with van der Waals surface area (Å²) in [5.41, 5.74) is 0.420. The van der Waals surface area contributed by atoms with Crippen molar-refractivity contribution in [2.75, 3.05) is 0 Å². The molecule has 0 aliphatic carbocycles. The molecule has 0 aromatic heterocycles. The molecule has 17 heavy (non-hydrogen) atoms. The SMILES string of the molecule is CCCCCCC[C@H]1O[C@H]1Sc1ccccc1. The Morgan fingerprint density at radius 3 is 2.59 bits per heavy atom. The summed E-state index contributed by atoms with van der Waals surface area (Å²) in [7, 11) is 0. The van der Waals surface area contributed by atoms with Crippen LogP contribution in [-0.4, -0.2) is 11.5 Å². The lowest BCUT2D eigenvalue weighted by Gasteiger charge is -1.98. The van der Waals surface area contributed by atoms with E-state index in [4.69, 9.17) is 4.74 Å². The van der Waals surface area contributed by atoms with Crippen LogP contribution in [0.4, 0.5) is 0 Å². The molecule has 0 N–H and O–H groups in total. The van der Waals surface area contributed by atoms with Crippen molar-refractivity contribution in [3.05, 3.63) is 30.3 Å². The predicted octanol–water partition coefficient (Wildman–Crippen LogP) is 4.86. The summed E-state index contributed by atoms with van der Waals surface area (Å²) >= 11 is 1.86. The average Bonchev–Trinajstić information content (AvgIpc) is 3.09. The highest BCUT2D eigenvalue weighted by molar-refractivity contribution is 8.00. The summed E-state index contributed by atoms with van der Waals surface area (Å²) in [6.45, 7) is 2.26. The highest BCUT2D eigenvalue weighted by atomic mass is 32.2. The molecule has 1 fully saturated rings. The first kappa shape index (κ1) is 13.0. The molecule has 0 saturated carbocycles. The number of thioether (sulfide) groups is 1. The molecule has 0 bridgehead atoms. The first-order valence-electron chi connectivity index (χ1n) is 6.77. The van der Waals surface area contributed by atoms with Gasteiger partial charge in [0.05, 0.1) is 6.10 Å². The highest BCUT2D eigenvalue weighted by Crippen LogP contribution is 2.40. The predicted molar refractivity (Wildman–Crippen MR) is 74.3 cm³/mol. The molecule has 1 heterocycles. The molecule has 2 rings (SSSR count). The molecule has 1 aromatic rings. The normalized spacial score (nSPS) is 22.6. The van der Waals surface area contributed by atoms with Gasteiger partial charge in [-0.1, -0.05) is 69.0 Å². The van der Waals surface area contributed by atoms with Crippen molar-refractivity contribution in [2.45, 2.75) is 61.9 Å².